The number of hydrogen-bond acceptors (Lipinski definition) is 4. The Kier molecular flexibility index (Phi) is 8.74. The smallest absolute Gasteiger partial charge is 0.122 e. The Labute approximate surface area is 186 Å². The number of halogens is 1. The first-order valence-electron chi connectivity index (χ1n) is 10.3. The van der Waals surface area contributed by atoms with Gasteiger partial charge in [0.05, 0.1) is 23.8 Å². The van der Waals surface area contributed by atoms with E-state index in [-0.39, 0.29) is 16.8 Å². The van der Waals surface area contributed by atoms with Crippen LogP contribution in [0.1, 0.15) is 67.5 Å². The van der Waals surface area contributed by atoms with Crippen LogP contribution < -0.4 is 4.72 Å². The number of rotatable bonds is 10. The Morgan fingerprint density at radius 1 is 1.27 bits per heavy atom. The van der Waals surface area contributed by atoms with E-state index in [0.717, 1.165) is 11.3 Å². The maximum Gasteiger partial charge on any atom is 0.122 e. The zero-order valence-corrected chi connectivity index (χ0v) is 21.0. The third kappa shape index (κ3) is 6.08. The number of imidazole rings is 1. The van der Waals surface area contributed by atoms with Crippen LogP contribution in [0.2, 0.25) is 0 Å². The average molecular weight is 438 g/mol. The van der Waals surface area contributed by atoms with Gasteiger partial charge >= 0.3 is 0 Å². The molecule has 4 nitrogen and oxygen atoms in total. The van der Waals surface area contributed by atoms with Gasteiger partial charge in [0.1, 0.15) is 5.83 Å². The second-order valence-corrected chi connectivity index (χ2v) is 11.9. The molecule has 0 radical (unpaired) electrons. The fourth-order valence-corrected chi connectivity index (χ4v) is 5.04. The standard InChI is InChI=1S/C24H40FN3OS/c1-11-18(13-19(25)12-2)24(27-30-21(3,4)5,20-14-26-17-28(20)10)23(8,9)15-22(6,7)16-29/h11-14,17,27,29H,2,15-16H2,1,3-10H3/b18-11+,19-13+. The van der Waals surface area contributed by atoms with E-state index < -0.39 is 16.8 Å². The highest BCUT2D eigenvalue weighted by Crippen LogP contribution is 2.52. The molecular formula is C24H40FN3OS. The highest BCUT2D eigenvalue weighted by atomic mass is 32.2. The second-order valence-electron chi connectivity index (χ2n) is 10.3. The summed E-state index contributed by atoms with van der Waals surface area (Å²) in [6, 6.07) is 0. The Morgan fingerprint density at radius 2 is 1.87 bits per heavy atom. The fourth-order valence-electron chi connectivity index (χ4n) is 4.08. The van der Waals surface area contributed by atoms with Crippen molar-refractivity contribution >= 4 is 11.9 Å². The average Bonchev–Trinajstić information content (AvgIpc) is 3.05. The van der Waals surface area contributed by atoms with Gasteiger partial charge in [-0.2, -0.15) is 0 Å². The minimum Gasteiger partial charge on any atom is -0.396 e. The maximum atomic E-state index is 14.5. The number of hydrogen-bond donors (Lipinski definition) is 2. The zero-order chi connectivity index (χ0) is 23.4. The van der Waals surface area contributed by atoms with Crippen LogP contribution in [0.15, 0.2) is 48.7 Å². The zero-order valence-electron chi connectivity index (χ0n) is 20.1. The van der Waals surface area contributed by atoms with E-state index in [1.54, 1.807) is 24.4 Å². The minimum absolute atomic E-state index is 0.0618. The molecule has 6 heteroatoms. The summed E-state index contributed by atoms with van der Waals surface area (Å²) < 4.78 is 20.2. The van der Waals surface area contributed by atoms with Crippen molar-refractivity contribution in [3.63, 3.8) is 0 Å². The van der Waals surface area contributed by atoms with Gasteiger partial charge in [-0.05, 0) is 62.7 Å². The van der Waals surface area contributed by atoms with Gasteiger partial charge in [0.2, 0.25) is 0 Å². The SMILES string of the molecule is C=C/C(F)=C\C(=C/C)C(NSC(C)(C)C)(c1cncn1C)C(C)(C)CC(C)(C)CO. The molecule has 0 aromatic carbocycles. The minimum atomic E-state index is -0.780. The highest BCUT2D eigenvalue weighted by Gasteiger charge is 2.52. The Balaban J connectivity index is 3.92. The molecule has 1 aromatic heterocycles. The number of aliphatic hydroxyl groups is 1. The predicted octanol–water partition coefficient (Wildman–Crippen LogP) is 6.07. The van der Waals surface area contributed by atoms with Gasteiger partial charge in [0, 0.05) is 18.4 Å². The molecule has 0 saturated carbocycles. The lowest BCUT2D eigenvalue weighted by molar-refractivity contribution is 0.0590. The van der Waals surface area contributed by atoms with Crippen molar-refractivity contribution in [1.29, 1.82) is 0 Å². The predicted molar refractivity (Wildman–Crippen MR) is 128 cm³/mol. The lowest BCUT2D eigenvalue weighted by Crippen LogP contribution is -2.55. The summed E-state index contributed by atoms with van der Waals surface area (Å²) in [5.74, 6) is -0.394. The van der Waals surface area contributed by atoms with Crippen LogP contribution in [0.3, 0.4) is 0 Å². The molecule has 2 N–H and O–H groups in total. The third-order valence-corrected chi connectivity index (χ3v) is 6.33. The normalized spacial score (nSPS) is 16.5. The van der Waals surface area contributed by atoms with Crippen LogP contribution in [-0.2, 0) is 12.6 Å². The first kappa shape index (κ1) is 26.7. The van der Waals surface area contributed by atoms with Gasteiger partial charge in [-0.25, -0.2) is 14.1 Å². The Bertz CT molecular complexity index is 787. The summed E-state index contributed by atoms with van der Waals surface area (Å²) in [5.41, 5.74) is 0.197. The van der Waals surface area contributed by atoms with Crippen LogP contribution in [0.25, 0.3) is 0 Å². The van der Waals surface area contributed by atoms with Gasteiger partial charge in [0.25, 0.3) is 0 Å². The van der Waals surface area contributed by atoms with Gasteiger partial charge in [-0.1, -0.05) is 52.3 Å². The topological polar surface area (TPSA) is 50.1 Å². The van der Waals surface area contributed by atoms with Crippen LogP contribution in [0, 0.1) is 10.8 Å². The molecule has 0 amide bonds. The Hall–Kier alpha value is -1.37. The summed E-state index contributed by atoms with van der Waals surface area (Å²) in [5, 5.41) is 10.0. The number of aliphatic hydroxyl groups excluding tert-OH is 1. The molecule has 0 spiro atoms. The van der Waals surface area contributed by atoms with Crippen molar-refractivity contribution in [1.82, 2.24) is 14.3 Å². The first-order valence-corrected chi connectivity index (χ1v) is 11.2. The number of nitrogens with one attached hydrogen (secondary N) is 1. The maximum absolute atomic E-state index is 14.5. The molecule has 0 aliphatic carbocycles. The van der Waals surface area contributed by atoms with E-state index in [4.69, 9.17) is 0 Å². The summed E-state index contributed by atoms with van der Waals surface area (Å²) in [6.45, 7) is 20.4. The molecule has 0 fully saturated rings. The number of allylic oxidation sites excluding steroid dienone is 3. The molecule has 1 aromatic rings. The quantitative estimate of drug-likeness (QED) is 0.344. The molecule has 0 aliphatic heterocycles. The summed E-state index contributed by atoms with van der Waals surface area (Å²) in [6.07, 6.45) is 9.01. The van der Waals surface area contributed by atoms with E-state index in [1.165, 1.54) is 6.08 Å². The molecular weight excluding hydrogens is 397 g/mol. The largest absolute Gasteiger partial charge is 0.396 e. The molecule has 0 bridgehead atoms. The van der Waals surface area contributed by atoms with Crippen LogP contribution in [-0.4, -0.2) is 26.0 Å². The summed E-state index contributed by atoms with van der Waals surface area (Å²) >= 11 is 1.61. The summed E-state index contributed by atoms with van der Waals surface area (Å²) in [4.78, 5) is 4.38. The summed E-state index contributed by atoms with van der Waals surface area (Å²) in [7, 11) is 1.95. The van der Waals surface area contributed by atoms with E-state index >= 15 is 0 Å². The third-order valence-electron chi connectivity index (χ3n) is 5.31. The van der Waals surface area contributed by atoms with Crippen LogP contribution >= 0.6 is 11.9 Å². The van der Waals surface area contributed by atoms with Crippen LogP contribution in [0.5, 0.6) is 0 Å². The van der Waals surface area contributed by atoms with Gasteiger partial charge in [0.15, 0.2) is 0 Å². The number of aromatic nitrogens is 2. The van der Waals surface area contributed by atoms with E-state index in [1.807, 2.05) is 30.8 Å². The molecule has 170 valence electrons. The monoisotopic (exact) mass is 437 g/mol. The molecule has 0 saturated heterocycles. The number of aryl methyl sites for hydroxylation is 1. The molecule has 1 unspecified atom stereocenters. The molecule has 30 heavy (non-hydrogen) atoms. The van der Waals surface area contributed by atoms with Crippen molar-refractivity contribution in [3.8, 4) is 0 Å². The lowest BCUT2D eigenvalue weighted by Gasteiger charge is -2.51. The number of nitrogens with zero attached hydrogens (tertiary/aromatic N) is 2. The van der Waals surface area contributed by atoms with Crippen molar-refractivity contribution in [3.05, 3.63) is 54.4 Å². The second kappa shape index (κ2) is 9.84. The highest BCUT2D eigenvalue weighted by molar-refractivity contribution is 7.98. The lowest BCUT2D eigenvalue weighted by atomic mass is 9.60. The molecule has 1 rings (SSSR count). The van der Waals surface area contributed by atoms with Crippen molar-refractivity contribution in [2.75, 3.05) is 6.61 Å². The van der Waals surface area contributed by atoms with Gasteiger partial charge < -0.3 is 9.67 Å². The first-order chi connectivity index (χ1) is 13.7. The van der Waals surface area contributed by atoms with Crippen molar-refractivity contribution in [2.24, 2.45) is 17.9 Å². The van der Waals surface area contributed by atoms with Crippen molar-refractivity contribution in [2.45, 2.75) is 72.1 Å². The van der Waals surface area contributed by atoms with Crippen LogP contribution in [0.4, 0.5) is 4.39 Å². The van der Waals surface area contributed by atoms with E-state index in [0.29, 0.717) is 6.42 Å². The Morgan fingerprint density at radius 3 is 2.27 bits per heavy atom. The van der Waals surface area contributed by atoms with E-state index in [9.17, 15) is 9.50 Å². The van der Waals surface area contributed by atoms with Gasteiger partial charge in [-0.15, -0.1) is 0 Å². The van der Waals surface area contributed by atoms with Crippen molar-refractivity contribution < 1.29 is 9.50 Å². The molecule has 1 atom stereocenters. The van der Waals surface area contributed by atoms with E-state index in [2.05, 4.69) is 64.8 Å². The fraction of sp³-hybridized carbons (Fsp3) is 0.625. The molecule has 0 aliphatic rings. The molecule has 1 heterocycles. The van der Waals surface area contributed by atoms with Gasteiger partial charge in [-0.3, -0.25) is 0 Å².